The average molecular weight is 755 g/mol. The van der Waals surface area contributed by atoms with Gasteiger partial charge >= 0.3 is 17.9 Å². The lowest BCUT2D eigenvalue weighted by molar-refractivity contribution is -0.335. The normalized spacial score (nSPS) is 46.2. The molecule has 0 aromatic carbocycles. The number of esters is 2. The number of carbonyl (C=O) groups is 3. The molecule has 304 valence electrons. The molecule has 0 radical (unpaired) electrons. The van der Waals surface area contributed by atoms with Crippen LogP contribution in [0.1, 0.15) is 127 Å². The van der Waals surface area contributed by atoms with Gasteiger partial charge in [-0.2, -0.15) is 0 Å². The summed E-state index contributed by atoms with van der Waals surface area (Å²) in [7, 11) is 0. The van der Waals surface area contributed by atoms with Crippen LogP contribution in [0.5, 0.6) is 0 Å². The zero-order valence-electron chi connectivity index (χ0n) is 33.5. The second kappa shape index (κ2) is 15.9. The van der Waals surface area contributed by atoms with Gasteiger partial charge in [0.25, 0.3) is 0 Å². The predicted octanol–water partition coefficient (Wildman–Crippen LogP) is 5.15. The van der Waals surface area contributed by atoms with Crippen molar-refractivity contribution in [3.63, 3.8) is 0 Å². The van der Waals surface area contributed by atoms with Crippen molar-refractivity contribution in [2.75, 3.05) is 6.61 Å². The van der Waals surface area contributed by atoms with Crippen LogP contribution >= 0.6 is 0 Å². The number of carboxylic acid groups (broad SMARTS) is 1. The summed E-state index contributed by atoms with van der Waals surface area (Å²) >= 11 is 0. The van der Waals surface area contributed by atoms with Gasteiger partial charge in [0.15, 0.2) is 5.79 Å². The number of ether oxygens (including phenoxy) is 7. The Balaban J connectivity index is 1.26. The second-order valence-electron chi connectivity index (χ2n) is 17.7. The van der Waals surface area contributed by atoms with Gasteiger partial charge in [0.2, 0.25) is 5.79 Å². The van der Waals surface area contributed by atoms with Gasteiger partial charge in [0.1, 0.15) is 12.7 Å². The zero-order chi connectivity index (χ0) is 39.3. The maximum absolute atomic E-state index is 12.4. The SMILES string of the molecule is CCC(=O)OC[C@]1(O)O[C@H]([C@H]2C[C@H](C)[C@H](C3(C)CC[C@H]([C@]4(C)CCC5(C[C@H](O)[C@@H](C)[C@@H]([C@H](C)[C@H](OC(=O)CC)[C@H](C)C(=O)O)O5)O4)O3)O2)[C@@H](C)C[C@H]1C. The van der Waals surface area contributed by atoms with Crippen LogP contribution in [0.15, 0.2) is 0 Å². The summed E-state index contributed by atoms with van der Waals surface area (Å²) in [5, 5.41) is 32.6. The summed E-state index contributed by atoms with van der Waals surface area (Å²) in [6.45, 7) is 18.7. The first-order chi connectivity index (χ1) is 24.7. The lowest BCUT2D eigenvalue weighted by Gasteiger charge is -2.48. The molecule has 53 heavy (non-hydrogen) atoms. The Bertz CT molecular complexity index is 1330. The topological polar surface area (TPSA) is 177 Å². The number of hydrogen-bond donors (Lipinski definition) is 3. The van der Waals surface area contributed by atoms with Crippen LogP contribution in [0.3, 0.4) is 0 Å². The summed E-state index contributed by atoms with van der Waals surface area (Å²) in [5.74, 6) is -6.44. The van der Waals surface area contributed by atoms with Crippen LogP contribution in [-0.2, 0) is 47.5 Å². The van der Waals surface area contributed by atoms with E-state index < -0.39 is 64.9 Å². The van der Waals surface area contributed by atoms with E-state index in [1.807, 2.05) is 27.7 Å². The molecule has 0 amide bonds. The Morgan fingerprint density at radius 3 is 2.21 bits per heavy atom. The molecule has 5 rings (SSSR count). The van der Waals surface area contributed by atoms with Crippen LogP contribution in [0.2, 0.25) is 0 Å². The number of hydrogen-bond acceptors (Lipinski definition) is 12. The first kappa shape index (κ1) is 42.3. The highest BCUT2D eigenvalue weighted by molar-refractivity contribution is 5.73. The van der Waals surface area contributed by atoms with E-state index in [1.165, 1.54) is 6.92 Å². The molecule has 0 aliphatic carbocycles. The van der Waals surface area contributed by atoms with Gasteiger partial charge in [-0.15, -0.1) is 0 Å². The van der Waals surface area contributed by atoms with E-state index in [0.29, 0.717) is 19.3 Å². The highest BCUT2D eigenvalue weighted by atomic mass is 16.7. The highest BCUT2D eigenvalue weighted by Crippen LogP contribution is 2.54. The largest absolute Gasteiger partial charge is 0.481 e. The molecular weight excluding hydrogens is 688 g/mol. The Morgan fingerprint density at radius 1 is 0.887 bits per heavy atom. The van der Waals surface area contributed by atoms with Crippen LogP contribution < -0.4 is 0 Å². The lowest BCUT2D eigenvalue weighted by Crippen LogP contribution is -2.57. The van der Waals surface area contributed by atoms with Gasteiger partial charge in [-0.05, 0) is 64.7 Å². The molecule has 13 nitrogen and oxygen atoms in total. The molecule has 2 unspecified atom stereocenters. The second-order valence-corrected chi connectivity index (χ2v) is 17.7. The molecule has 0 aromatic heterocycles. The summed E-state index contributed by atoms with van der Waals surface area (Å²) < 4.78 is 44.8. The fraction of sp³-hybridized carbons (Fsp3) is 0.925. The molecule has 0 aromatic rings. The maximum Gasteiger partial charge on any atom is 0.309 e. The molecule has 13 heteroatoms. The van der Waals surface area contributed by atoms with Crippen LogP contribution in [0.25, 0.3) is 0 Å². The third-order valence-corrected chi connectivity index (χ3v) is 13.4. The Kier molecular flexibility index (Phi) is 12.7. The molecule has 1 spiro atoms. The standard InChI is InChI=1S/C40H66O13/c1-11-30(42)47-20-40(46)23(5)17-21(3)32(52-40)28-18-22(4)35(48-28)38(10)14-13-29(50-38)37(9)15-16-39(53-37)19-27(41)24(6)34(51-39)25(7)33(26(8)36(44)45)49-31(43)12-2/h21-29,32-35,41,46H,11-20H2,1-10H3,(H,44,45)/t21-,22-,23+,24+,25+,26-,27-,28+,29+,32-,33-,34-,35+,37-,38?,39?,40-/m0/s1. The van der Waals surface area contributed by atoms with Crippen molar-refractivity contribution < 1.29 is 62.9 Å². The molecule has 5 heterocycles. The molecule has 5 aliphatic heterocycles. The summed E-state index contributed by atoms with van der Waals surface area (Å²) in [4.78, 5) is 36.3. The van der Waals surface area contributed by atoms with Gasteiger partial charge in [0.05, 0.1) is 53.7 Å². The molecule has 0 bridgehead atoms. The van der Waals surface area contributed by atoms with Crippen molar-refractivity contribution in [3.05, 3.63) is 0 Å². The first-order valence-corrected chi connectivity index (χ1v) is 20.1. The average Bonchev–Trinajstić information content (AvgIpc) is 3.81. The van der Waals surface area contributed by atoms with E-state index in [2.05, 4.69) is 20.8 Å². The molecule has 5 fully saturated rings. The molecular formula is C40H66O13. The van der Waals surface area contributed by atoms with Crippen molar-refractivity contribution in [2.45, 2.75) is 193 Å². The van der Waals surface area contributed by atoms with E-state index >= 15 is 0 Å². The van der Waals surface area contributed by atoms with Gasteiger partial charge in [-0.3, -0.25) is 14.4 Å². The Hall–Kier alpha value is -1.87. The van der Waals surface area contributed by atoms with Gasteiger partial charge < -0.3 is 48.5 Å². The minimum atomic E-state index is -1.59. The minimum Gasteiger partial charge on any atom is -0.481 e. The molecule has 17 atom stereocenters. The molecule has 0 saturated carbocycles. The number of aliphatic hydroxyl groups excluding tert-OH is 1. The Labute approximate surface area is 315 Å². The monoisotopic (exact) mass is 754 g/mol. The fourth-order valence-electron chi connectivity index (χ4n) is 9.93. The molecule has 5 saturated heterocycles. The van der Waals surface area contributed by atoms with E-state index in [9.17, 15) is 29.7 Å². The van der Waals surface area contributed by atoms with Crippen molar-refractivity contribution in [1.29, 1.82) is 0 Å². The quantitative estimate of drug-likeness (QED) is 0.223. The smallest absolute Gasteiger partial charge is 0.309 e. The Morgan fingerprint density at radius 2 is 1.57 bits per heavy atom. The van der Waals surface area contributed by atoms with Crippen molar-refractivity contribution >= 4 is 17.9 Å². The van der Waals surface area contributed by atoms with Crippen LogP contribution in [0.4, 0.5) is 0 Å². The summed E-state index contributed by atoms with van der Waals surface area (Å²) in [6, 6.07) is 0. The maximum atomic E-state index is 12.4. The fourth-order valence-corrected chi connectivity index (χ4v) is 9.93. The van der Waals surface area contributed by atoms with Crippen LogP contribution in [0, 0.1) is 35.5 Å². The molecule has 5 aliphatic rings. The number of aliphatic carboxylic acids is 1. The number of carbonyl (C=O) groups excluding carboxylic acids is 2. The van der Waals surface area contributed by atoms with E-state index in [1.54, 1.807) is 13.8 Å². The third-order valence-electron chi connectivity index (χ3n) is 13.4. The van der Waals surface area contributed by atoms with E-state index in [0.717, 1.165) is 19.3 Å². The van der Waals surface area contributed by atoms with Gasteiger partial charge in [-0.25, -0.2) is 0 Å². The minimum absolute atomic E-state index is 0.115. The zero-order valence-corrected chi connectivity index (χ0v) is 33.5. The lowest BCUT2D eigenvalue weighted by atomic mass is 9.78. The van der Waals surface area contributed by atoms with Gasteiger partial charge in [-0.1, -0.05) is 48.5 Å². The van der Waals surface area contributed by atoms with Crippen molar-refractivity contribution in [3.8, 4) is 0 Å². The highest BCUT2D eigenvalue weighted by Gasteiger charge is 2.62. The van der Waals surface area contributed by atoms with Gasteiger partial charge in [0, 0.05) is 43.4 Å². The predicted molar refractivity (Wildman–Crippen MR) is 191 cm³/mol. The first-order valence-electron chi connectivity index (χ1n) is 20.1. The van der Waals surface area contributed by atoms with Crippen LogP contribution in [-0.4, -0.2) is 105 Å². The summed E-state index contributed by atoms with van der Waals surface area (Å²) in [6.07, 6.45) is 1.18. The van der Waals surface area contributed by atoms with E-state index in [4.69, 9.17) is 33.2 Å². The number of aliphatic hydroxyl groups is 2. The third kappa shape index (κ3) is 8.46. The van der Waals surface area contributed by atoms with Crippen molar-refractivity contribution in [2.24, 2.45) is 35.5 Å². The summed E-state index contributed by atoms with van der Waals surface area (Å²) in [5.41, 5.74) is -1.33. The number of carboxylic acids is 1. The number of rotatable bonds is 12. The van der Waals surface area contributed by atoms with E-state index in [-0.39, 0.29) is 79.9 Å². The molecule has 3 N–H and O–H groups in total. The van der Waals surface area contributed by atoms with Crippen molar-refractivity contribution in [1.82, 2.24) is 0 Å².